The standard InChI is InChI=1S/C14H19N5O3S/c15-23(21,22)10-11-4-6-19(8-11)14(20)16-7-12-9-18-5-2-1-3-13(18)17-12/h1-3,5,9,11H,4,6-8,10H2,(H,16,20)(H2,15,21,22)/t11-/m1/s1. The number of likely N-dealkylation sites (tertiary alicyclic amines) is 1. The van der Waals surface area contributed by atoms with Crippen LogP contribution in [0, 0.1) is 5.92 Å². The third-order valence-corrected chi connectivity index (χ3v) is 4.81. The van der Waals surface area contributed by atoms with Crippen LogP contribution in [0.4, 0.5) is 4.79 Å². The molecule has 9 heteroatoms. The number of nitrogens with two attached hydrogens (primary N) is 1. The fraction of sp³-hybridized carbons (Fsp3) is 0.429. The fourth-order valence-corrected chi connectivity index (χ4v) is 3.76. The van der Waals surface area contributed by atoms with E-state index in [0.717, 1.165) is 11.3 Å². The summed E-state index contributed by atoms with van der Waals surface area (Å²) < 4.78 is 24.1. The van der Waals surface area contributed by atoms with E-state index in [1.165, 1.54) is 0 Å². The second kappa shape index (κ2) is 6.17. The minimum absolute atomic E-state index is 0.0801. The van der Waals surface area contributed by atoms with Gasteiger partial charge in [-0.25, -0.2) is 23.3 Å². The Kier molecular flexibility index (Phi) is 4.22. The van der Waals surface area contributed by atoms with Crippen molar-refractivity contribution in [3.8, 4) is 0 Å². The summed E-state index contributed by atoms with van der Waals surface area (Å²) in [5.41, 5.74) is 1.59. The van der Waals surface area contributed by atoms with Gasteiger partial charge in [0, 0.05) is 25.5 Å². The highest BCUT2D eigenvalue weighted by atomic mass is 32.2. The predicted molar refractivity (Wildman–Crippen MR) is 85.1 cm³/mol. The van der Waals surface area contributed by atoms with E-state index in [-0.39, 0.29) is 17.7 Å². The summed E-state index contributed by atoms with van der Waals surface area (Å²) in [5.74, 6) is -0.172. The molecule has 2 aromatic heterocycles. The number of fused-ring (bicyclic) bond motifs is 1. The number of aromatic nitrogens is 2. The van der Waals surface area contributed by atoms with Crippen LogP contribution in [-0.2, 0) is 16.6 Å². The molecule has 23 heavy (non-hydrogen) atoms. The van der Waals surface area contributed by atoms with Gasteiger partial charge < -0.3 is 14.6 Å². The highest BCUT2D eigenvalue weighted by molar-refractivity contribution is 7.89. The topological polar surface area (TPSA) is 110 Å². The molecular formula is C14H19N5O3S. The van der Waals surface area contributed by atoms with Crippen LogP contribution in [-0.4, -0.2) is 47.6 Å². The Balaban J connectivity index is 1.53. The second-order valence-corrected chi connectivity index (χ2v) is 7.45. The number of nitrogens with one attached hydrogen (secondary N) is 1. The van der Waals surface area contributed by atoms with Crippen LogP contribution in [0.5, 0.6) is 0 Å². The van der Waals surface area contributed by atoms with E-state index in [4.69, 9.17) is 5.14 Å². The molecule has 0 spiro atoms. The van der Waals surface area contributed by atoms with Gasteiger partial charge in [-0.05, 0) is 24.5 Å². The molecule has 0 saturated carbocycles. The first-order valence-electron chi connectivity index (χ1n) is 7.36. The van der Waals surface area contributed by atoms with Crippen molar-refractivity contribution in [1.29, 1.82) is 0 Å². The highest BCUT2D eigenvalue weighted by Gasteiger charge is 2.28. The molecule has 1 fully saturated rings. The van der Waals surface area contributed by atoms with Gasteiger partial charge in [-0.2, -0.15) is 0 Å². The Morgan fingerprint density at radius 1 is 1.43 bits per heavy atom. The summed E-state index contributed by atoms with van der Waals surface area (Å²) in [4.78, 5) is 18.2. The maximum Gasteiger partial charge on any atom is 0.317 e. The third-order valence-electron chi connectivity index (χ3n) is 3.88. The van der Waals surface area contributed by atoms with Gasteiger partial charge in [0.15, 0.2) is 0 Å². The molecule has 1 aliphatic rings. The van der Waals surface area contributed by atoms with Crippen LogP contribution < -0.4 is 10.5 Å². The van der Waals surface area contributed by atoms with Crippen molar-refractivity contribution in [3.63, 3.8) is 0 Å². The van der Waals surface area contributed by atoms with Crippen LogP contribution in [0.25, 0.3) is 5.65 Å². The number of nitrogens with zero attached hydrogens (tertiary/aromatic N) is 3. The SMILES string of the molecule is NS(=O)(=O)C[C@@H]1CCN(C(=O)NCc2cn3ccccc3n2)C1. The lowest BCUT2D eigenvalue weighted by Gasteiger charge is -2.16. The average Bonchev–Trinajstić information content (AvgIpc) is 3.09. The Bertz CT molecular complexity index is 784. The van der Waals surface area contributed by atoms with Crippen molar-refractivity contribution in [2.45, 2.75) is 13.0 Å². The summed E-state index contributed by atoms with van der Waals surface area (Å²) >= 11 is 0. The molecule has 1 saturated heterocycles. The second-order valence-electron chi connectivity index (χ2n) is 5.79. The lowest BCUT2D eigenvalue weighted by Crippen LogP contribution is -2.38. The first kappa shape index (κ1) is 15.8. The van der Waals surface area contributed by atoms with Crippen molar-refractivity contribution in [3.05, 3.63) is 36.3 Å². The van der Waals surface area contributed by atoms with Crippen LogP contribution >= 0.6 is 0 Å². The molecule has 0 radical (unpaired) electrons. The Labute approximate surface area is 134 Å². The van der Waals surface area contributed by atoms with Gasteiger partial charge in [0.05, 0.1) is 18.0 Å². The first-order chi connectivity index (χ1) is 10.9. The Morgan fingerprint density at radius 2 is 2.26 bits per heavy atom. The van der Waals surface area contributed by atoms with E-state index >= 15 is 0 Å². The molecule has 0 aliphatic carbocycles. The summed E-state index contributed by atoms with van der Waals surface area (Å²) in [6.07, 6.45) is 4.41. The molecular weight excluding hydrogens is 318 g/mol. The lowest BCUT2D eigenvalue weighted by molar-refractivity contribution is 0.207. The van der Waals surface area contributed by atoms with Crippen molar-refractivity contribution >= 4 is 21.7 Å². The molecule has 2 amide bonds. The largest absolute Gasteiger partial charge is 0.332 e. The zero-order valence-corrected chi connectivity index (χ0v) is 13.4. The summed E-state index contributed by atoms with van der Waals surface area (Å²) in [5, 5.41) is 7.87. The normalized spacial score (nSPS) is 18.5. The lowest BCUT2D eigenvalue weighted by atomic mass is 10.2. The van der Waals surface area contributed by atoms with Crippen LogP contribution in [0.3, 0.4) is 0 Å². The zero-order chi connectivity index (χ0) is 16.4. The van der Waals surface area contributed by atoms with Crippen LogP contribution in [0.1, 0.15) is 12.1 Å². The van der Waals surface area contributed by atoms with Gasteiger partial charge >= 0.3 is 6.03 Å². The molecule has 0 unspecified atom stereocenters. The third kappa shape index (κ3) is 3.99. The number of hydrogen-bond acceptors (Lipinski definition) is 4. The molecule has 3 N–H and O–H groups in total. The van der Waals surface area contributed by atoms with Gasteiger partial charge in [-0.3, -0.25) is 0 Å². The smallest absolute Gasteiger partial charge is 0.317 e. The van der Waals surface area contributed by atoms with Crippen molar-refractivity contribution < 1.29 is 13.2 Å². The molecule has 1 atom stereocenters. The first-order valence-corrected chi connectivity index (χ1v) is 9.08. The summed E-state index contributed by atoms with van der Waals surface area (Å²) in [7, 11) is -3.50. The number of carbonyl (C=O) groups excluding carboxylic acids is 1. The van der Waals surface area contributed by atoms with E-state index in [1.54, 1.807) is 4.90 Å². The van der Waals surface area contributed by atoms with Gasteiger partial charge in [-0.1, -0.05) is 6.07 Å². The highest BCUT2D eigenvalue weighted by Crippen LogP contribution is 2.17. The average molecular weight is 337 g/mol. The number of sulfonamides is 1. The molecule has 8 nitrogen and oxygen atoms in total. The van der Waals surface area contributed by atoms with E-state index < -0.39 is 10.0 Å². The molecule has 2 aromatic rings. The molecule has 0 bridgehead atoms. The number of imidazole rings is 1. The van der Waals surface area contributed by atoms with Gasteiger partial charge in [0.1, 0.15) is 5.65 Å². The minimum atomic E-state index is -3.50. The van der Waals surface area contributed by atoms with Gasteiger partial charge in [0.25, 0.3) is 0 Å². The maximum atomic E-state index is 12.1. The molecule has 3 rings (SSSR count). The van der Waals surface area contributed by atoms with Crippen molar-refractivity contribution in [1.82, 2.24) is 19.6 Å². The number of pyridine rings is 1. The van der Waals surface area contributed by atoms with Gasteiger partial charge in [-0.15, -0.1) is 0 Å². The molecule has 124 valence electrons. The predicted octanol–water partition coefficient (Wildman–Crippen LogP) is 0.154. The van der Waals surface area contributed by atoms with Crippen molar-refractivity contribution in [2.24, 2.45) is 11.1 Å². The van der Waals surface area contributed by atoms with Crippen LogP contribution in [0.15, 0.2) is 30.6 Å². The van der Waals surface area contributed by atoms with E-state index in [1.807, 2.05) is 35.0 Å². The number of urea groups is 1. The number of amides is 2. The number of primary sulfonamides is 1. The van der Waals surface area contributed by atoms with E-state index in [0.29, 0.717) is 26.1 Å². The van der Waals surface area contributed by atoms with Crippen molar-refractivity contribution in [2.75, 3.05) is 18.8 Å². The van der Waals surface area contributed by atoms with Crippen LogP contribution in [0.2, 0.25) is 0 Å². The summed E-state index contributed by atoms with van der Waals surface area (Å²) in [6, 6.07) is 5.50. The minimum Gasteiger partial charge on any atom is -0.332 e. The molecule has 0 aromatic carbocycles. The maximum absolute atomic E-state index is 12.1. The number of carbonyl (C=O) groups is 1. The monoisotopic (exact) mass is 337 g/mol. The zero-order valence-electron chi connectivity index (χ0n) is 12.6. The Hall–Kier alpha value is -2.13. The van der Waals surface area contributed by atoms with Gasteiger partial charge in [0.2, 0.25) is 10.0 Å². The quantitative estimate of drug-likeness (QED) is 0.827. The number of rotatable bonds is 4. The molecule has 3 heterocycles. The number of hydrogen-bond donors (Lipinski definition) is 2. The van der Waals surface area contributed by atoms with E-state index in [9.17, 15) is 13.2 Å². The summed E-state index contributed by atoms with van der Waals surface area (Å²) in [6.45, 7) is 1.28. The fourth-order valence-electron chi connectivity index (χ4n) is 2.83. The molecule has 1 aliphatic heterocycles. The Morgan fingerprint density at radius 3 is 3.00 bits per heavy atom. The van der Waals surface area contributed by atoms with E-state index in [2.05, 4.69) is 10.3 Å².